The molecule has 1 fully saturated rings. The van der Waals surface area contributed by atoms with Crippen LogP contribution in [0, 0.1) is 0 Å². The Hall–Kier alpha value is -3.76. The molecule has 33 heavy (non-hydrogen) atoms. The van der Waals surface area contributed by atoms with Crippen molar-refractivity contribution >= 4 is 33.7 Å². The number of piperidine rings is 1. The lowest BCUT2D eigenvalue weighted by Crippen LogP contribution is -2.37. The van der Waals surface area contributed by atoms with Crippen LogP contribution in [0.3, 0.4) is 0 Å². The first kappa shape index (κ1) is 21.1. The van der Waals surface area contributed by atoms with Crippen LogP contribution in [0.5, 0.6) is 0 Å². The first-order valence-electron chi connectivity index (χ1n) is 10.4. The Balaban J connectivity index is 1.60. The molecule has 4 heterocycles. The van der Waals surface area contributed by atoms with Gasteiger partial charge >= 0.3 is 6.18 Å². The molecule has 8 nitrogen and oxygen atoms in total. The molecular weight excluding hydrogens is 435 g/mol. The standard InChI is InChI=1S/C22H20F3N7O/c1-12(33)31-6-4-15(5-7-31)32-20-16-8-13(2-3-18(16)27-11-19(20)29-30-32)14-9-17(22(23,24)25)21(26)28-10-14/h2-3,8-11,15H,4-7H2,1H3,(H2,26,28). The van der Waals surface area contributed by atoms with E-state index in [0.29, 0.717) is 35.2 Å². The van der Waals surface area contributed by atoms with Gasteiger partial charge < -0.3 is 10.6 Å². The van der Waals surface area contributed by atoms with Gasteiger partial charge in [-0.3, -0.25) is 9.78 Å². The van der Waals surface area contributed by atoms with Gasteiger partial charge in [0.15, 0.2) is 0 Å². The number of benzene rings is 1. The van der Waals surface area contributed by atoms with E-state index in [1.165, 1.54) is 6.20 Å². The smallest absolute Gasteiger partial charge is 0.383 e. The van der Waals surface area contributed by atoms with Gasteiger partial charge in [0.05, 0.1) is 23.3 Å². The molecule has 0 radical (unpaired) electrons. The summed E-state index contributed by atoms with van der Waals surface area (Å²) in [6.07, 6.45) is -0.169. The van der Waals surface area contributed by atoms with Crippen molar-refractivity contribution < 1.29 is 18.0 Å². The van der Waals surface area contributed by atoms with E-state index in [0.717, 1.165) is 29.8 Å². The van der Waals surface area contributed by atoms with Gasteiger partial charge in [0.2, 0.25) is 5.91 Å². The van der Waals surface area contributed by atoms with E-state index in [9.17, 15) is 18.0 Å². The predicted octanol–water partition coefficient (Wildman–Crippen LogP) is 3.83. The van der Waals surface area contributed by atoms with Crippen molar-refractivity contribution in [2.24, 2.45) is 0 Å². The Morgan fingerprint density at radius 1 is 1.06 bits per heavy atom. The molecule has 3 aromatic heterocycles. The number of carbonyl (C=O) groups is 1. The zero-order valence-electron chi connectivity index (χ0n) is 17.7. The van der Waals surface area contributed by atoms with Crippen molar-refractivity contribution in [3.05, 3.63) is 42.2 Å². The maximum absolute atomic E-state index is 13.3. The number of anilines is 1. The van der Waals surface area contributed by atoms with Crippen molar-refractivity contribution in [3.8, 4) is 11.1 Å². The number of hydrogen-bond acceptors (Lipinski definition) is 6. The summed E-state index contributed by atoms with van der Waals surface area (Å²) in [5.74, 6) is -0.512. The molecule has 1 aromatic carbocycles. The molecule has 2 N–H and O–H groups in total. The highest BCUT2D eigenvalue weighted by atomic mass is 19.4. The highest BCUT2D eigenvalue weighted by molar-refractivity contribution is 6.03. The second-order valence-electron chi connectivity index (χ2n) is 8.15. The van der Waals surface area contributed by atoms with Gasteiger partial charge in [0, 0.05) is 37.2 Å². The number of nitrogens with zero attached hydrogens (tertiary/aromatic N) is 6. The Bertz CT molecular complexity index is 1370. The zero-order valence-corrected chi connectivity index (χ0v) is 17.7. The monoisotopic (exact) mass is 455 g/mol. The molecule has 0 saturated carbocycles. The van der Waals surface area contributed by atoms with Crippen LogP contribution in [0.1, 0.15) is 31.4 Å². The summed E-state index contributed by atoms with van der Waals surface area (Å²) in [6.45, 7) is 2.82. The minimum absolute atomic E-state index is 0.0477. The number of alkyl halides is 3. The minimum atomic E-state index is -4.60. The topological polar surface area (TPSA) is 103 Å². The van der Waals surface area contributed by atoms with E-state index in [2.05, 4.69) is 20.3 Å². The Morgan fingerprint density at radius 2 is 1.82 bits per heavy atom. The molecule has 1 aliphatic rings. The molecule has 0 aliphatic carbocycles. The number of likely N-dealkylation sites (tertiary alicyclic amines) is 1. The summed E-state index contributed by atoms with van der Waals surface area (Å²) in [4.78, 5) is 21.6. The van der Waals surface area contributed by atoms with Crippen LogP contribution in [-0.4, -0.2) is 48.9 Å². The van der Waals surface area contributed by atoms with Crippen LogP contribution >= 0.6 is 0 Å². The van der Waals surface area contributed by atoms with Crippen molar-refractivity contribution in [3.63, 3.8) is 0 Å². The molecule has 170 valence electrons. The predicted molar refractivity (Wildman–Crippen MR) is 116 cm³/mol. The fraction of sp³-hybridized carbons (Fsp3) is 0.318. The molecule has 5 rings (SSSR count). The second-order valence-corrected chi connectivity index (χ2v) is 8.15. The highest BCUT2D eigenvalue weighted by Gasteiger charge is 2.34. The van der Waals surface area contributed by atoms with E-state index < -0.39 is 17.6 Å². The first-order valence-corrected chi connectivity index (χ1v) is 10.4. The molecule has 1 saturated heterocycles. The van der Waals surface area contributed by atoms with E-state index in [1.807, 2.05) is 4.68 Å². The van der Waals surface area contributed by atoms with Crippen molar-refractivity contribution in [2.75, 3.05) is 18.8 Å². The maximum atomic E-state index is 13.3. The molecule has 0 bridgehead atoms. The Labute approximate surface area is 186 Å². The lowest BCUT2D eigenvalue weighted by Gasteiger charge is -2.31. The number of pyridine rings is 2. The average molecular weight is 455 g/mol. The van der Waals surface area contributed by atoms with Gasteiger partial charge in [0.1, 0.15) is 16.9 Å². The van der Waals surface area contributed by atoms with E-state index in [-0.39, 0.29) is 11.9 Å². The molecule has 1 amide bonds. The Kier molecular flexibility index (Phi) is 4.91. The third-order valence-electron chi connectivity index (χ3n) is 6.11. The summed E-state index contributed by atoms with van der Waals surface area (Å²) >= 11 is 0. The fourth-order valence-corrected chi connectivity index (χ4v) is 4.34. The van der Waals surface area contributed by atoms with Crippen LogP contribution in [0.2, 0.25) is 0 Å². The molecular formula is C22H20F3N7O. The lowest BCUT2D eigenvalue weighted by atomic mass is 10.0. The third kappa shape index (κ3) is 3.73. The fourth-order valence-electron chi connectivity index (χ4n) is 4.34. The molecule has 0 spiro atoms. The third-order valence-corrected chi connectivity index (χ3v) is 6.11. The van der Waals surface area contributed by atoms with Crippen molar-refractivity contribution in [1.29, 1.82) is 0 Å². The van der Waals surface area contributed by atoms with Crippen LogP contribution in [0.4, 0.5) is 19.0 Å². The van der Waals surface area contributed by atoms with Gasteiger partial charge in [-0.05, 0) is 36.6 Å². The number of nitrogen functional groups attached to an aromatic ring is 1. The number of hydrogen-bond donors (Lipinski definition) is 1. The number of halogens is 3. The normalized spacial score (nSPS) is 15.5. The number of carbonyl (C=O) groups excluding carboxylic acids is 1. The van der Waals surface area contributed by atoms with E-state index in [4.69, 9.17) is 5.73 Å². The summed E-state index contributed by atoms with van der Waals surface area (Å²) in [7, 11) is 0. The number of aromatic nitrogens is 5. The largest absolute Gasteiger partial charge is 0.419 e. The lowest BCUT2D eigenvalue weighted by molar-refractivity contribution is -0.137. The van der Waals surface area contributed by atoms with Crippen LogP contribution in [0.15, 0.2) is 36.7 Å². The van der Waals surface area contributed by atoms with E-state index >= 15 is 0 Å². The molecule has 11 heteroatoms. The van der Waals surface area contributed by atoms with Gasteiger partial charge in [0.25, 0.3) is 0 Å². The summed E-state index contributed by atoms with van der Waals surface area (Å²) in [6, 6.07) is 6.29. The van der Waals surface area contributed by atoms with Crippen molar-refractivity contribution in [2.45, 2.75) is 32.0 Å². The van der Waals surface area contributed by atoms with Crippen LogP contribution in [0.25, 0.3) is 33.1 Å². The second kappa shape index (κ2) is 7.68. The number of nitrogens with two attached hydrogens (primary N) is 1. The maximum Gasteiger partial charge on any atom is 0.419 e. The molecule has 1 aliphatic heterocycles. The quantitative estimate of drug-likeness (QED) is 0.493. The van der Waals surface area contributed by atoms with Gasteiger partial charge in [-0.25, -0.2) is 9.67 Å². The minimum Gasteiger partial charge on any atom is -0.383 e. The van der Waals surface area contributed by atoms with Gasteiger partial charge in [-0.2, -0.15) is 13.2 Å². The highest BCUT2D eigenvalue weighted by Crippen LogP contribution is 2.36. The van der Waals surface area contributed by atoms with Crippen LogP contribution < -0.4 is 5.73 Å². The average Bonchev–Trinajstić information content (AvgIpc) is 3.23. The first-order chi connectivity index (χ1) is 15.7. The summed E-state index contributed by atoms with van der Waals surface area (Å²) in [5, 5.41) is 9.33. The SMILES string of the molecule is CC(=O)N1CCC(n2nnc3cnc4ccc(-c5cnc(N)c(C(F)(F)F)c5)cc4c32)CC1. The number of rotatable bonds is 2. The Morgan fingerprint density at radius 3 is 2.52 bits per heavy atom. The molecule has 0 unspecified atom stereocenters. The molecule has 4 aromatic rings. The van der Waals surface area contributed by atoms with E-state index in [1.54, 1.807) is 36.2 Å². The summed E-state index contributed by atoms with van der Waals surface area (Å²) in [5.41, 5.74) is 7.36. The van der Waals surface area contributed by atoms with Crippen LogP contribution in [-0.2, 0) is 11.0 Å². The van der Waals surface area contributed by atoms with Gasteiger partial charge in [-0.1, -0.05) is 11.3 Å². The zero-order chi connectivity index (χ0) is 23.3. The summed E-state index contributed by atoms with van der Waals surface area (Å²) < 4.78 is 41.8. The number of fused-ring (bicyclic) bond motifs is 3. The van der Waals surface area contributed by atoms with Crippen molar-refractivity contribution in [1.82, 2.24) is 29.9 Å². The number of amides is 1. The molecule has 0 atom stereocenters. The van der Waals surface area contributed by atoms with Gasteiger partial charge in [-0.15, -0.1) is 5.10 Å².